The molecule has 2 rings (SSSR count). The van der Waals surface area contributed by atoms with Crippen LogP contribution in [0.4, 0.5) is 0 Å². The molecule has 0 bridgehead atoms. The van der Waals surface area contributed by atoms with Gasteiger partial charge in [0.25, 0.3) is 0 Å². The minimum absolute atomic E-state index is 0.648. The maximum Gasteiger partial charge on any atom is 0.119 e. The molecule has 1 aromatic heterocycles. The summed E-state index contributed by atoms with van der Waals surface area (Å²) in [5.74, 6) is 0.724. The van der Waals surface area contributed by atoms with Crippen molar-refractivity contribution < 1.29 is 9.84 Å². The van der Waals surface area contributed by atoms with Crippen molar-refractivity contribution in [2.24, 2.45) is 0 Å². The van der Waals surface area contributed by atoms with E-state index in [9.17, 15) is 5.11 Å². The number of aliphatic hydroxyl groups excluding tert-OH is 1. The molecule has 1 aromatic carbocycles. The van der Waals surface area contributed by atoms with E-state index in [-0.39, 0.29) is 0 Å². The number of halogens is 1. The van der Waals surface area contributed by atoms with Crippen molar-refractivity contribution in [1.29, 1.82) is 0 Å². The van der Waals surface area contributed by atoms with Gasteiger partial charge >= 0.3 is 0 Å². The molecule has 88 valence electrons. The van der Waals surface area contributed by atoms with Gasteiger partial charge in [0.05, 0.1) is 7.11 Å². The SMILES string of the molecule is COc1cccc(C(O)c2cccnc2Br)c1. The van der Waals surface area contributed by atoms with Gasteiger partial charge in [-0.1, -0.05) is 18.2 Å². The Morgan fingerprint density at radius 1 is 1.29 bits per heavy atom. The first kappa shape index (κ1) is 12.1. The normalized spacial score (nSPS) is 12.2. The molecule has 2 aromatic rings. The lowest BCUT2D eigenvalue weighted by molar-refractivity contribution is 0.218. The van der Waals surface area contributed by atoms with Crippen molar-refractivity contribution >= 4 is 15.9 Å². The maximum absolute atomic E-state index is 10.3. The van der Waals surface area contributed by atoms with E-state index in [0.717, 1.165) is 16.9 Å². The fourth-order valence-corrected chi connectivity index (χ4v) is 2.06. The standard InChI is InChI=1S/C13H12BrNO2/c1-17-10-5-2-4-9(8-10)12(16)11-6-3-7-15-13(11)14/h2-8,12,16H,1H3. The van der Waals surface area contributed by atoms with Gasteiger partial charge in [-0.3, -0.25) is 0 Å². The molecule has 1 atom stereocenters. The average molecular weight is 294 g/mol. The number of hydrogen-bond acceptors (Lipinski definition) is 3. The fourth-order valence-electron chi connectivity index (χ4n) is 1.59. The van der Waals surface area contributed by atoms with Gasteiger partial charge in [-0.2, -0.15) is 0 Å². The van der Waals surface area contributed by atoms with Crippen LogP contribution >= 0.6 is 15.9 Å². The van der Waals surface area contributed by atoms with Crippen molar-refractivity contribution in [3.8, 4) is 5.75 Å². The Morgan fingerprint density at radius 3 is 2.82 bits per heavy atom. The molecule has 0 fully saturated rings. The second-order valence-corrected chi connectivity index (χ2v) is 4.31. The van der Waals surface area contributed by atoms with Crippen molar-refractivity contribution in [3.05, 3.63) is 58.3 Å². The van der Waals surface area contributed by atoms with Crippen LogP contribution in [0.1, 0.15) is 17.2 Å². The third-order valence-corrected chi connectivity index (χ3v) is 3.15. The topological polar surface area (TPSA) is 42.4 Å². The van der Waals surface area contributed by atoms with E-state index in [2.05, 4.69) is 20.9 Å². The van der Waals surface area contributed by atoms with Crippen molar-refractivity contribution in [2.75, 3.05) is 7.11 Å². The molecule has 1 N–H and O–H groups in total. The lowest BCUT2D eigenvalue weighted by atomic mass is 10.0. The van der Waals surface area contributed by atoms with E-state index in [4.69, 9.17) is 4.74 Å². The number of methoxy groups -OCH3 is 1. The zero-order chi connectivity index (χ0) is 12.3. The molecular weight excluding hydrogens is 282 g/mol. The van der Waals surface area contributed by atoms with E-state index in [1.807, 2.05) is 30.3 Å². The summed E-state index contributed by atoms with van der Waals surface area (Å²) in [5, 5.41) is 10.3. The highest BCUT2D eigenvalue weighted by Gasteiger charge is 2.14. The van der Waals surface area contributed by atoms with Crippen LogP contribution in [-0.2, 0) is 0 Å². The quantitative estimate of drug-likeness (QED) is 0.885. The van der Waals surface area contributed by atoms with E-state index in [1.165, 1.54) is 0 Å². The van der Waals surface area contributed by atoms with Gasteiger partial charge in [0.2, 0.25) is 0 Å². The number of pyridine rings is 1. The number of hydrogen-bond donors (Lipinski definition) is 1. The van der Waals surface area contributed by atoms with Crippen LogP contribution in [0, 0.1) is 0 Å². The summed E-state index contributed by atoms with van der Waals surface area (Å²) in [6, 6.07) is 11.0. The molecule has 0 saturated heterocycles. The number of nitrogens with zero attached hydrogens (tertiary/aromatic N) is 1. The van der Waals surface area contributed by atoms with E-state index >= 15 is 0 Å². The van der Waals surface area contributed by atoms with Gasteiger partial charge in [-0.05, 0) is 39.7 Å². The molecule has 0 aliphatic rings. The summed E-state index contributed by atoms with van der Waals surface area (Å²) < 4.78 is 5.78. The predicted molar refractivity (Wildman–Crippen MR) is 69.0 cm³/mol. The van der Waals surface area contributed by atoms with Crippen LogP contribution in [-0.4, -0.2) is 17.2 Å². The number of rotatable bonds is 3. The van der Waals surface area contributed by atoms with Gasteiger partial charge in [0.1, 0.15) is 16.5 Å². The molecule has 0 aliphatic carbocycles. The van der Waals surface area contributed by atoms with Crippen LogP contribution in [0.3, 0.4) is 0 Å². The summed E-state index contributed by atoms with van der Waals surface area (Å²) in [7, 11) is 1.60. The molecule has 1 unspecified atom stereocenters. The van der Waals surface area contributed by atoms with Gasteiger partial charge in [-0.15, -0.1) is 0 Å². The maximum atomic E-state index is 10.3. The number of aliphatic hydroxyl groups is 1. The Hall–Kier alpha value is -1.39. The first-order valence-corrected chi connectivity index (χ1v) is 5.94. The predicted octanol–water partition coefficient (Wildman–Crippen LogP) is 2.93. The van der Waals surface area contributed by atoms with E-state index in [1.54, 1.807) is 19.4 Å². The molecule has 0 radical (unpaired) electrons. The highest BCUT2D eigenvalue weighted by Crippen LogP contribution is 2.28. The molecule has 0 aliphatic heterocycles. The number of aromatic nitrogens is 1. The Kier molecular flexibility index (Phi) is 3.76. The lowest BCUT2D eigenvalue weighted by Gasteiger charge is -2.13. The minimum Gasteiger partial charge on any atom is -0.497 e. The summed E-state index contributed by atoms with van der Waals surface area (Å²) in [6.07, 6.45) is 0.958. The third kappa shape index (κ3) is 2.65. The van der Waals surface area contributed by atoms with E-state index in [0.29, 0.717) is 4.60 Å². The highest BCUT2D eigenvalue weighted by molar-refractivity contribution is 9.10. The van der Waals surface area contributed by atoms with Crippen LogP contribution < -0.4 is 4.74 Å². The average Bonchev–Trinajstić information content (AvgIpc) is 2.38. The summed E-state index contributed by atoms with van der Waals surface area (Å²) >= 11 is 3.33. The zero-order valence-corrected chi connectivity index (χ0v) is 10.9. The fraction of sp³-hybridized carbons (Fsp3) is 0.154. The highest BCUT2D eigenvalue weighted by atomic mass is 79.9. The number of benzene rings is 1. The van der Waals surface area contributed by atoms with Crippen molar-refractivity contribution in [1.82, 2.24) is 4.98 Å². The van der Waals surface area contributed by atoms with Crippen molar-refractivity contribution in [3.63, 3.8) is 0 Å². The van der Waals surface area contributed by atoms with E-state index < -0.39 is 6.10 Å². The Morgan fingerprint density at radius 2 is 2.12 bits per heavy atom. The molecule has 0 spiro atoms. The molecular formula is C13H12BrNO2. The minimum atomic E-state index is -0.715. The van der Waals surface area contributed by atoms with Crippen LogP contribution in [0.15, 0.2) is 47.2 Å². The summed E-state index contributed by atoms with van der Waals surface area (Å²) in [5.41, 5.74) is 1.51. The Balaban J connectivity index is 2.37. The van der Waals surface area contributed by atoms with Crippen LogP contribution in [0.2, 0.25) is 0 Å². The summed E-state index contributed by atoms with van der Waals surface area (Å²) in [6.45, 7) is 0. The monoisotopic (exact) mass is 293 g/mol. The molecule has 1 heterocycles. The zero-order valence-electron chi connectivity index (χ0n) is 9.30. The Labute approximate surface area is 108 Å². The largest absolute Gasteiger partial charge is 0.497 e. The first-order valence-electron chi connectivity index (χ1n) is 5.15. The first-order chi connectivity index (χ1) is 8.22. The molecule has 4 heteroatoms. The molecule has 0 saturated carbocycles. The molecule has 17 heavy (non-hydrogen) atoms. The molecule has 3 nitrogen and oxygen atoms in total. The van der Waals surface area contributed by atoms with Crippen molar-refractivity contribution in [2.45, 2.75) is 6.10 Å². The molecule has 0 amide bonds. The van der Waals surface area contributed by atoms with Gasteiger partial charge in [-0.25, -0.2) is 4.98 Å². The second kappa shape index (κ2) is 5.29. The third-order valence-electron chi connectivity index (χ3n) is 2.49. The lowest BCUT2D eigenvalue weighted by Crippen LogP contribution is -2.01. The number of ether oxygens (including phenoxy) is 1. The van der Waals surface area contributed by atoms with Crippen LogP contribution in [0.5, 0.6) is 5.75 Å². The smallest absolute Gasteiger partial charge is 0.119 e. The van der Waals surface area contributed by atoms with Gasteiger partial charge in [0, 0.05) is 11.8 Å². The Bertz CT molecular complexity index is 516. The summed E-state index contributed by atoms with van der Waals surface area (Å²) in [4.78, 5) is 4.09. The van der Waals surface area contributed by atoms with Crippen LogP contribution in [0.25, 0.3) is 0 Å². The van der Waals surface area contributed by atoms with Gasteiger partial charge < -0.3 is 9.84 Å². The van der Waals surface area contributed by atoms with Gasteiger partial charge in [0.15, 0.2) is 0 Å². The second-order valence-electron chi connectivity index (χ2n) is 3.56.